The molecule has 6 rings (SSSR count). The molecule has 180 valence electrons. The summed E-state index contributed by atoms with van der Waals surface area (Å²) in [5.74, 6) is 1.63. The summed E-state index contributed by atoms with van der Waals surface area (Å²) in [6.45, 7) is 0. The second-order valence-electron chi connectivity index (χ2n) is 8.19. The van der Waals surface area contributed by atoms with Crippen molar-refractivity contribution in [1.82, 2.24) is 4.98 Å². The third-order valence-electron chi connectivity index (χ3n) is 5.64. The van der Waals surface area contributed by atoms with Gasteiger partial charge < -0.3 is 4.74 Å². The van der Waals surface area contributed by atoms with Crippen molar-refractivity contribution >= 4 is 67.7 Å². The zero-order valence-electron chi connectivity index (χ0n) is 19.1. The van der Waals surface area contributed by atoms with Crippen LogP contribution >= 0.6 is 34.5 Å². The molecule has 37 heavy (non-hydrogen) atoms. The van der Waals surface area contributed by atoms with E-state index in [0.717, 1.165) is 21.6 Å². The Morgan fingerprint density at radius 1 is 0.811 bits per heavy atom. The molecule has 5 aromatic rings. The first-order valence-corrected chi connectivity index (χ1v) is 12.9. The van der Waals surface area contributed by atoms with E-state index in [2.05, 4.69) is 4.98 Å². The van der Waals surface area contributed by atoms with Crippen LogP contribution in [0, 0.1) is 0 Å². The summed E-state index contributed by atoms with van der Waals surface area (Å²) in [5, 5.41) is 1.34. The van der Waals surface area contributed by atoms with Crippen molar-refractivity contribution in [3.8, 4) is 11.5 Å². The average Bonchev–Trinajstić information content (AvgIpc) is 3.45. The highest BCUT2D eigenvalue weighted by atomic mass is 35.5. The van der Waals surface area contributed by atoms with Gasteiger partial charge in [-0.15, -0.1) is 0 Å². The van der Waals surface area contributed by atoms with E-state index in [1.807, 2.05) is 84.9 Å². The molecule has 4 aromatic carbocycles. The number of halogens is 2. The van der Waals surface area contributed by atoms with Crippen molar-refractivity contribution in [2.75, 3.05) is 4.90 Å². The fraction of sp³-hybridized carbons (Fsp3) is 0. The van der Waals surface area contributed by atoms with E-state index in [0.29, 0.717) is 38.0 Å². The molecule has 1 aliphatic heterocycles. The number of anilines is 1. The lowest BCUT2D eigenvalue weighted by Gasteiger charge is -2.14. The van der Waals surface area contributed by atoms with E-state index in [1.165, 1.54) is 16.2 Å². The molecular weight excluding hydrogens is 525 g/mol. The number of carbonyl (C=O) groups excluding carboxylic acids is 1. The summed E-state index contributed by atoms with van der Waals surface area (Å²) in [4.78, 5) is 24.7. The number of para-hydroxylation sites is 1. The number of fused-ring (bicyclic) bond motifs is 1. The van der Waals surface area contributed by atoms with Gasteiger partial charge in [0, 0.05) is 5.56 Å². The predicted molar refractivity (Wildman–Crippen MR) is 151 cm³/mol. The lowest BCUT2D eigenvalue weighted by atomic mass is 10.2. The van der Waals surface area contributed by atoms with Crippen LogP contribution in [0.25, 0.3) is 16.3 Å². The molecule has 0 fully saturated rings. The Morgan fingerprint density at radius 2 is 1.51 bits per heavy atom. The van der Waals surface area contributed by atoms with Gasteiger partial charge in [-0.1, -0.05) is 95.2 Å². The van der Waals surface area contributed by atoms with Crippen molar-refractivity contribution in [1.29, 1.82) is 0 Å². The quantitative estimate of drug-likeness (QED) is 0.210. The number of benzene rings is 4. The first-order chi connectivity index (χ1) is 18.0. The number of ether oxygens (including phenoxy) is 1. The van der Waals surface area contributed by atoms with Crippen molar-refractivity contribution in [2.45, 2.75) is 0 Å². The van der Waals surface area contributed by atoms with E-state index >= 15 is 0 Å². The van der Waals surface area contributed by atoms with Crippen LogP contribution in [0.3, 0.4) is 0 Å². The monoisotopic (exact) mass is 541 g/mol. The molecule has 1 amide bonds. The van der Waals surface area contributed by atoms with Gasteiger partial charge in [-0.2, -0.15) is 0 Å². The van der Waals surface area contributed by atoms with Gasteiger partial charge in [0.05, 0.1) is 20.3 Å². The second kappa shape index (κ2) is 9.82. The van der Waals surface area contributed by atoms with Crippen molar-refractivity contribution in [3.63, 3.8) is 0 Å². The summed E-state index contributed by atoms with van der Waals surface area (Å²) >= 11 is 13.8. The predicted octanol–water partition coefficient (Wildman–Crippen LogP) is 8.23. The number of aliphatic imine (C=N–C) groups is 1. The zero-order valence-corrected chi connectivity index (χ0v) is 21.5. The number of hydrogen-bond acceptors (Lipinski definition) is 5. The summed E-state index contributed by atoms with van der Waals surface area (Å²) < 4.78 is 6.78. The van der Waals surface area contributed by atoms with Gasteiger partial charge in [-0.25, -0.2) is 14.9 Å². The maximum atomic E-state index is 13.7. The summed E-state index contributed by atoms with van der Waals surface area (Å²) in [6.07, 6.45) is 1.75. The molecule has 2 heterocycles. The average molecular weight is 542 g/mol. The van der Waals surface area contributed by atoms with Crippen LogP contribution in [0.1, 0.15) is 11.1 Å². The van der Waals surface area contributed by atoms with Gasteiger partial charge in [-0.3, -0.25) is 4.79 Å². The molecule has 1 aromatic heterocycles. The van der Waals surface area contributed by atoms with E-state index in [1.54, 1.807) is 18.2 Å². The molecular formula is C29H17Cl2N3O2S. The van der Waals surface area contributed by atoms with Gasteiger partial charge in [0.25, 0.3) is 5.91 Å². The number of hydrogen-bond donors (Lipinski definition) is 0. The standard InChI is InChI=1S/C29H17Cl2N3O2S/c30-22-16-24-26(17-23(22)31)37-29(33-24)34-27(19-9-3-1-4-10-19)32-25(28(34)35)15-18-8-7-13-21(14-18)36-20-11-5-2-6-12-20/h1-17H. The van der Waals surface area contributed by atoms with Crippen LogP contribution < -0.4 is 9.64 Å². The van der Waals surface area contributed by atoms with Crippen molar-refractivity contribution in [3.05, 3.63) is 124 Å². The molecule has 0 bridgehead atoms. The van der Waals surface area contributed by atoms with Crippen LogP contribution in [0.2, 0.25) is 10.0 Å². The summed E-state index contributed by atoms with van der Waals surface area (Å²) in [5.41, 5.74) is 2.55. The Hall–Kier alpha value is -3.97. The summed E-state index contributed by atoms with van der Waals surface area (Å²) in [7, 11) is 0. The molecule has 0 spiro atoms. The van der Waals surface area contributed by atoms with Gasteiger partial charge in [-0.05, 0) is 48.0 Å². The van der Waals surface area contributed by atoms with Crippen molar-refractivity contribution in [2.24, 2.45) is 4.99 Å². The molecule has 5 nitrogen and oxygen atoms in total. The zero-order chi connectivity index (χ0) is 25.4. The smallest absolute Gasteiger partial charge is 0.284 e. The number of carbonyl (C=O) groups is 1. The molecule has 0 saturated carbocycles. The normalized spacial score (nSPS) is 14.4. The van der Waals surface area contributed by atoms with Gasteiger partial charge in [0.1, 0.15) is 23.0 Å². The highest BCUT2D eigenvalue weighted by molar-refractivity contribution is 7.22. The number of amides is 1. The molecule has 1 aliphatic rings. The number of aromatic nitrogens is 1. The maximum absolute atomic E-state index is 13.7. The van der Waals surface area contributed by atoms with Gasteiger partial charge >= 0.3 is 0 Å². The third kappa shape index (κ3) is 4.74. The molecule has 0 unspecified atom stereocenters. The van der Waals surface area contributed by atoms with Gasteiger partial charge in [0.2, 0.25) is 0 Å². The highest BCUT2D eigenvalue weighted by Gasteiger charge is 2.34. The Labute approximate surface area is 226 Å². The minimum atomic E-state index is -0.274. The van der Waals surface area contributed by atoms with Crippen LogP contribution in [0.15, 0.2) is 108 Å². The van der Waals surface area contributed by atoms with Crippen LogP contribution in [-0.2, 0) is 4.79 Å². The van der Waals surface area contributed by atoms with E-state index in [4.69, 9.17) is 32.9 Å². The minimum absolute atomic E-state index is 0.274. The highest BCUT2D eigenvalue weighted by Crippen LogP contribution is 2.37. The molecule has 0 saturated heterocycles. The molecule has 0 N–H and O–H groups in total. The number of thiazole rings is 1. The Kier molecular flexibility index (Phi) is 6.22. The van der Waals surface area contributed by atoms with E-state index < -0.39 is 0 Å². The number of rotatable bonds is 5. The second-order valence-corrected chi connectivity index (χ2v) is 10.0. The lowest BCUT2D eigenvalue weighted by molar-refractivity contribution is -0.113. The lowest BCUT2D eigenvalue weighted by Crippen LogP contribution is -2.32. The summed E-state index contributed by atoms with van der Waals surface area (Å²) in [6, 6.07) is 30.1. The Balaban J connectivity index is 1.40. The molecule has 0 atom stereocenters. The maximum Gasteiger partial charge on any atom is 0.284 e. The third-order valence-corrected chi connectivity index (χ3v) is 7.37. The fourth-order valence-corrected chi connectivity index (χ4v) is 5.31. The van der Waals surface area contributed by atoms with E-state index in [-0.39, 0.29) is 5.91 Å². The van der Waals surface area contributed by atoms with Crippen molar-refractivity contribution < 1.29 is 9.53 Å². The van der Waals surface area contributed by atoms with E-state index in [9.17, 15) is 4.79 Å². The Bertz CT molecular complexity index is 1660. The van der Waals surface area contributed by atoms with Crippen LogP contribution in [0.5, 0.6) is 11.5 Å². The topological polar surface area (TPSA) is 54.8 Å². The molecule has 8 heteroatoms. The first-order valence-electron chi connectivity index (χ1n) is 11.3. The SMILES string of the molecule is O=C1C(=Cc2cccc(Oc3ccccc3)c2)N=C(c2ccccc2)N1c1nc2cc(Cl)c(Cl)cc2s1. The van der Waals surface area contributed by atoms with Crippen LogP contribution in [-0.4, -0.2) is 16.7 Å². The minimum Gasteiger partial charge on any atom is -0.457 e. The Morgan fingerprint density at radius 3 is 2.30 bits per heavy atom. The fourth-order valence-electron chi connectivity index (χ4n) is 3.93. The van der Waals surface area contributed by atoms with Gasteiger partial charge in [0.15, 0.2) is 5.13 Å². The molecule has 0 aliphatic carbocycles. The molecule has 0 radical (unpaired) electrons. The number of nitrogens with zero attached hydrogens (tertiary/aromatic N) is 3. The first kappa shape index (κ1) is 23.4. The van der Waals surface area contributed by atoms with Crippen LogP contribution in [0.4, 0.5) is 5.13 Å². The number of amidine groups is 1. The largest absolute Gasteiger partial charge is 0.457 e.